The molecule has 0 nitrogen and oxygen atoms in total. The zero-order chi connectivity index (χ0) is 9.50. The molecule has 0 heterocycles. The Labute approximate surface area is 76.3 Å². The molecule has 0 aromatic carbocycles. The molecule has 0 unspecified atom stereocenters. The van der Waals surface area contributed by atoms with E-state index in [0.717, 1.165) is 0 Å². The molecule has 0 saturated carbocycles. The summed E-state index contributed by atoms with van der Waals surface area (Å²) in [6, 6.07) is 0. The SMILES string of the molecule is CC(C)(C)C(C)(C)C(C)(C)Cl. The zero-order valence-electron chi connectivity index (χ0n) is 8.88. The average molecular weight is 177 g/mol. The van der Waals surface area contributed by atoms with Crippen LogP contribution < -0.4 is 0 Å². The Bertz CT molecular complexity index is 116. The second kappa shape index (κ2) is 2.65. The lowest BCUT2D eigenvalue weighted by Crippen LogP contribution is -2.44. The molecule has 68 valence electrons. The van der Waals surface area contributed by atoms with Crippen molar-refractivity contribution in [2.45, 2.75) is 53.3 Å². The van der Waals surface area contributed by atoms with Crippen molar-refractivity contribution in [2.75, 3.05) is 0 Å². The van der Waals surface area contributed by atoms with Crippen LogP contribution in [0.4, 0.5) is 0 Å². The standard InChI is InChI=1S/C10H21Cl/c1-8(2,3)9(4,5)10(6,7)11/h1-7H3. The summed E-state index contributed by atoms with van der Waals surface area (Å²) in [5, 5.41) is 0. The zero-order valence-corrected chi connectivity index (χ0v) is 9.63. The van der Waals surface area contributed by atoms with Crippen LogP contribution in [0, 0.1) is 10.8 Å². The fourth-order valence-corrected chi connectivity index (χ4v) is 1.18. The van der Waals surface area contributed by atoms with Gasteiger partial charge in [-0.2, -0.15) is 0 Å². The number of halogens is 1. The summed E-state index contributed by atoms with van der Waals surface area (Å²) in [6.07, 6.45) is 0. The van der Waals surface area contributed by atoms with Crippen molar-refractivity contribution in [1.29, 1.82) is 0 Å². The Morgan fingerprint density at radius 2 is 1.00 bits per heavy atom. The van der Waals surface area contributed by atoms with Crippen LogP contribution in [0.25, 0.3) is 0 Å². The first-order chi connectivity index (χ1) is 4.50. The Morgan fingerprint density at radius 3 is 1.00 bits per heavy atom. The second-order valence-corrected chi connectivity index (χ2v) is 6.29. The molecule has 0 fully saturated rings. The van der Waals surface area contributed by atoms with Gasteiger partial charge in [0.05, 0.1) is 0 Å². The van der Waals surface area contributed by atoms with E-state index in [2.05, 4.69) is 48.5 Å². The van der Waals surface area contributed by atoms with Crippen LogP contribution in [0.3, 0.4) is 0 Å². The Hall–Kier alpha value is 0.290. The molecule has 0 bridgehead atoms. The summed E-state index contributed by atoms with van der Waals surface area (Å²) in [4.78, 5) is -0.148. The van der Waals surface area contributed by atoms with Gasteiger partial charge in [-0.05, 0) is 24.7 Å². The van der Waals surface area contributed by atoms with Crippen LogP contribution in [0.5, 0.6) is 0 Å². The third kappa shape index (κ3) is 2.11. The van der Waals surface area contributed by atoms with Crippen molar-refractivity contribution in [1.82, 2.24) is 0 Å². The summed E-state index contributed by atoms with van der Waals surface area (Å²) >= 11 is 6.31. The smallest absolute Gasteiger partial charge is 0.0446 e. The molecule has 0 N–H and O–H groups in total. The molecular weight excluding hydrogens is 156 g/mol. The van der Waals surface area contributed by atoms with Gasteiger partial charge in [0.1, 0.15) is 0 Å². The maximum Gasteiger partial charge on any atom is 0.0446 e. The van der Waals surface area contributed by atoms with Gasteiger partial charge in [0.25, 0.3) is 0 Å². The van der Waals surface area contributed by atoms with Crippen LogP contribution in [0.15, 0.2) is 0 Å². The molecular formula is C10H21Cl. The van der Waals surface area contributed by atoms with Crippen molar-refractivity contribution in [3.8, 4) is 0 Å². The number of hydrogen-bond acceptors (Lipinski definition) is 0. The lowest BCUT2D eigenvalue weighted by molar-refractivity contribution is 0.0897. The highest BCUT2D eigenvalue weighted by molar-refractivity contribution is 6.23. The molecule has 0 aromatic heterocycles. The minimum Gasteiger partial charge on any atom is -0.119 e. The van der Waals surface area contributed by atoms with E-state index in [-0.39, 0.29) is 15.7 Å². The first kappa shape index (κ1) is 11.3. The van der Waals surface area contributed by atoms with Gasteiger partial charge in [0.2, 0.25) is 0 Å². The summed E-state index contributed by atoms with van der Waals surface area (Å²) in [7, 11) is 0. The van der Waals surface area contributed by atoms with Crippen molar-refractivity contribution < 1.29 is 0 Å². The third-order valence-electron chi connectivity index (χ3n) is 3.36. The van der Waals surface area contributed by atoms with E-state index < -0.39 is 0 Å². The van der Waals surface area contributed by atoms with Crippen molar-refractivity contribution in [3.63, 3.8) is 0 Å². The van der Waals surface area contributed by atoms with E-state index in [9.17, 15) is 0 Å². The minimum atomic E-state index is -0.148. The first-order valence-electron chi connectivity index (χ1n) is 4.19. The molecule has 0 rings (SSSR count). The monoisotopic (exact) mass is 176 g/mol. The van der Waals surface area contributed by atoms with Gasteiger partial charge in [-0.3, -0.25) is 0 Å². The Balaban J connectivity index is 4.75. The summed E-state index contributed by atoms with van der Waals surface area (Å²) in [6.45, 7) is 15.3. The molecule has 0 aromatic rings. The maximum absolute atomic E-state index is 6.31. The second-order valence-electron chi connectivity index (χ2n) is 5.35. The molecule has 0 radical (unpaired) electrons. The maximum atomic E-state index is 6.31. The van der Waals surface area contributed by atoms with E-state index >= 15 is 0 Å². The molecule has 11 heavy (non-hydrogen) atoms. The molecule has 0 spiro atoms. The van der Waals surface area contributed by atoms with Crippen LogP contribution in [-0.4, -0.2) is 4.87 Å². The summed E-state index contributed by atoms with van der Waals surface area (Å²) in [5.41, 5.74) is 0.389. The quantitative estimate of drug-likeness (QED) is 0.529. The van der Waals surface area contributed by atoms with Crippen LogP contribution in [0.1, 0.15) is 48.5 Å². The number of hydrogen-bond donors (Lipinski definition) is 0. The average Bonchev–Trinajstić information content (AvgIpc) is 1.58. The van der Waals surface area contributed by atoms with Gasteiger partial charge in [-0.1, -0.05) is 34.6 Å². The highest BCUT2D eigenvalue weighted by atomic mass is 35.5. The van der Waals surface area contributed by atoms with Crippen molar-refractivity contribution >= 4 is 11.6 Å². The van der Waals surface area contributed by atoms with Gasteiger partial charge in [-0.15, -0.1) is 11.6 Å². The molecule has 0 amide bonds. The normalized spacial score (nSPS) is 15.3. The topological polar surface area (TPSA) is 0 Å². The largest absolute Gasteiger partial charge is 0.119 e. The van der Waals surface area contributed by atoms with E-state index in [1.165, 1.54) is 0 Å². The van der Waals surface area contributed by atoms with Crippen LogP contribution in [-0.2, 0) is 0 Å². The Morgan fingerprint density at radius 1 is 0.727 bits per heavy atom. The van der Waals surface area contributed by atoms with E-state index in [1.807, 2.05) is 0 Å². The van der Waals surface area contributed by atoms with E-state index in [4.69, 9.17) is 11.6 Å². The highest BCUT2D eigenvalue weighted by Gasteiger charge is 2.44. The molecule has 0 aliphatic heterocycles. The predicted molar refractivity (Wildman–Crippen MR) is 53.2 cm³/mol. The van der Waals surface area contributed by atoms with Gasteiger partial charge in [-0.25, -0.2) is 0 Å². The highest BCUT2D eigenvalue weighted by Crippen LogP contribution is 2.49. The molecule has 0 atom stereocenters. The van der Waals surface area contributed by atoms with E-state index in [0.29, 0.717) is 0 Å². The molecule has 0 aliphatic rings. The van der Waals surface area contributed by atoms with Gasteiger partial charge < -0.3 is 0 Å². The number of rotatable bonds is 1. The minimum absolute atomic E-state index is 0.140. The predicted octanol–water partition coefficient (Wildman–Crippen LogP) is 4.08. The Kier molecular flexibility index (Phi) is 2.72. The summed E-state index contributed by atoms with van der Waals surface area (Å²) in [5.74, 6) is 0. The fraction of sp³-hybridized carbons (Fsp3) is 1.00. The van der Waals surface area contributed by atoms with Gasteiger partial charge >= 0.3 is 0 Å². The molecule has 0 aliphatic carbocycles. The van der Waals surface area contributed by atoms with Crippen LogP contribution in [0.2, 0.25) is 0 Å². The third-order valence-corrected chi connectivity index (χ3v) is 3.83. The molecule has 0 saturated heterocycles. The number of alkyl halides is 1. The van der Waals surface area contributed by atoms with Crippen molar-refractivity contribution in [2.24, 2.45) is 10.8 Å². The first-order valence-corrected chi connectivity index (χ1v) is 4.57. The van der Waals surface area contributed by atoms with Gasteiger partial charge in [0.15, 0.2) is 0 Å². The van der Waals surface area contributed by atoms with E-state index in [1.54, 1.807) is 0 Å². The lowest BCUT2D eigenvalue weighted by Gasteiger charge is -2.47. The van der Waals surface area contributed by atoms with Crippen LogP contribution >= 0.6 is 11.6 Å². The van der Waals surface area contributed by atoms with Gasteiger partial charge in [0, 0.05) is 4.87 Å². The summed E-state index contributed by atoms with van der Waals surface area (Å²) < 4.78 is 0. The van der Waals surface area contributed by atoms with Crippen molar-refractivity contribution in [3.05, 3.63) is 0 Å². The fourth-order valence-electron chi connectivity index (χ4n) is 0.892. The molecule has 1 heteroatoms. The lowest BCUT2D eigenvalue weighted by atomic mass is 9.63.